The van der Waals surface area contributed by atoms with Gasteiger partial charge in [0.1, 0.15) is 11.3 Å². The fourth-order valence-electron chi connectivity index (χ4n) is 4.94. The molecule has 0 unspecified atom stereocenters. The summed E-state index contributed by atoms with van der Waals surface area (Å²) in [4.78, 5) is 20.9. The third-order valence-corrected chi connectivity index (χ3v) is 6.29. The number of aromatic nitrogens is 2. The molecule has 2 heterocycles. The number of carbonyl (C=O) groups is 1. The average molecular weight is 390 g/mol. The van der Waals surface area contributed by atoms with Gasteiger partial charge in [-0.1, -0.05) is 24.3 Å². The number of fused-ring (bicyclic) bond motifs is 4. The van der Waals surface area contributed by atoms with Crippen LogP contribution in [-0.4, -0.2) is 39.7 Å². The van der Waals surface area contributed by atoms with E-state index in [1.807, 2.05) is 13.0 Å². The van der Waals surface area contributed by atoms with Crippen molar-refractivity contribution in [3.63, 3.8) is 0 Å². The van der Waals surface area contributed by atoms with Crippen molar-refractivity contribution in [3.05, 3.63) is 58.4 Å². The maximum atomic E-state index is 12.9. The largest absolute Gasteiger partial charge is 0.396 e. The van der Waals surface area contributed by atoms with E-state index in [1.165, 1.54) is 11.1 Å². The number of aliphatic hydroxyl groups is 1. The van der Waals surface area contributed by atoms with Gasteiger partial charge in [-0.15, -0.1) is 0 Å². The number of aliphatic hydroxyl groups excluding tert-OH is 1. The van der Waals surface area contributed by atoms with E-state index in [0.29, 0.717) is 18.5 Å². The maximum Gasteiger partial charge on any atom is 0.251 e. The third kappa shape index (κ3) is 3.08. The van der Waals surface area contributed by atoms with Crippen LogP contribution in [0.25, 0.3) is 11.0 Å². The first-order valence-electron chi connectivity index (χ1n) is 10.3. The molecule has 0 saturated heterocycles. The highest BCUT2D eigenvalue weighted by Gasteiger charge is 2.41. The lowest BCUT2D eigenvalue weighted by Crippen LogP contribution is -2.43. The Balaban J connectivity index is 1.55. The number of benzene rings is 2. The second-order valence-corrected chi connectivity index (χ2v) is 8.36. The molecule has 3 aromatic rings. The highest BCUT2D eigenvalue weighted by atomic mass is 16.3. The second-order valence-electron chi connectivity index (χ2n) is 8.36. The lowest BCUT2D eigenvalue weighted by atomic mass is 9.82. The molecule has 5 rings (SSSR count). The van der Waals surface area contributed by atoms with Gasteiger partial charge in [-0.25, -0.2) is 4.98 Å². The molecule has 0 atom stereocenters. The lowest BCUT2D eigenvalue weighted by molar-refractivity contribution is 0.0950. The number of aromatic amines is 1. The van der Waals surface area contributed by atoms with Gasteiger partial charge >= 0.3 is 0 Å². The molecule has 6 heteroatoms. The molecule has 1 spiro atoms. The predicted molar refractivity (Wildman–Crippen MR) is 113 cm³/mol. The zero-order chi connectivity index (χ0) is 20.0. The topological polar surface area (TPSA) is 90.0 Å². The number of carbonyl (C=O) groups excluding carboxylic acids is 1. The molecular formula is C23H26N4O2. The molecule has 1 aromatic heterocycles. The number of rotatable bonds is 4. The Hall–Kier alpha value is -2.86. The highest BCUT2D eigenvalue weighted by Crippen LogP contribution is 2.43. The number of H-pyrrole nitrogens is 1. The number of imidazole rings is 1. The predicted octanol–water partition coefficient (Wildman–Crippen LogP) is 2.88. The molecule has 4 N–H and O–H groups in total. The smallest absolute Gasteiger partial charge is 0.251 e. The number of nitrogens with zero attached hydrogens (tertiary/aromatic N) is 1. The summed E-state index contributed by atoms with van der Waals surface area (Å²) in [6, 6.07) is 10.6. The molecule has 150 valence electrons. The zero-order valence-electron chi connectivity index (χ0n) is 16.6. The molecule has 0 bridgehead atoms. The minimum Gasteiger partial charge on any atom is -0.396 e. The van der Waals surface area contributed by atoms with Crippen LogP contribution in [0.1, 0.15) is 45.7 Å². The molecule has 1 aliphatic heterocycles. The first-order valence-corrected chi connectivity index (χ1v) is 10.3. The Morgan fingerprint density at radius 3 is 2.76 bits per heavy atom. The van der Waals surface area contributed by atoms with Gasteiger partial charge in [0.25, 0.3) is 5.91 Å². The van der Waals surface area contributed by atoms with Crippen LogP contribution >= 0.6 is 0 Å². The van der Waals surface area contributed by atoms with E-state index >= 15 is 0 Å². The molecule has 2 aliphatic rings. The second kappa shape index (κ2) is 6.88. The van der Waals surface area contributed by atoms with Gasteiger partial charge in [0.2, 0.25) is 0 Å². The van der Waals surface area contributed by atoms with Crippen LogP contribution in [0.4, 0.5) is 5.69 Å². The molecule has 0 radical (unpaired) electrons. The van der Waals surface area contributed by atoms with E-state index in [4.69, 9.17) is 10.1 Å². The van der Waals surface area contributed by atoms with Crippen molar-refractivity contribution >= 4 is 22.6 Å². The number of hydrogen-bond donors (Lipinski definition) is 4. The molecule has 1 aliphatic carbocycles. The van der Waals surface area contributed by atoms with Gasteiger partial charge < -0.3 is 20.7 Å². The maximum absolute atomic E-state index is 12.9. The SMILES string of the molecule is Cc1nc2c3c(c(C(=O)NCCCO)cc2[nH]1)CCC1(Cc2ccccc2C1)N3. The summed E-state index contributed by atoms with van der Waals surface area (Å²) in [5.41, 5.74) is 7.36. The Morgan fingerprint density at radius 2 is 2.03 bits per heavy atom. The van der Waals surface area contributed by atoms with E-state index in [2.05, 4.69) is 39.9 Å². The molecule has 2 aromatic carbocycles. The van der Waals surface area contributed by atoms with Gasteiger partial charge in [-0.2, -0.15) is 0 Å². The zero-order valence-corrected chi connectivity index (χ0v) is 16.6. The fraction of sp³-hybridized carbons (Fsp3) is 0.391. The summed E-state index contributed by atoms with van der Waals surface area (Å²) in [6.07, 6.45) is 4.39. The third-order valence-electron chi connectivity index (χ3n) is 6.29. The first-order chi connectivity index (χ1) is 14.1. The number of aryl methyl sites for hydroxylation is 1. The first kappa shape index (κ1) is 18.2. The monoisotopic (exact) mass is 390 g/mol. The Morgan fingerprint density at radius 1 is 1.28 bits per heavy atom. The van der Waals surface area contributed by atoms with E-state index in [9.17, 15) is 4.79 Å². The molecular weight excluding hydrogens is 364 g/mol. The van der Waals surface area contributed by atoms with Gasteiger partial charge in [0.05, 0.1) is 11.2 Å². The van der Waals surface area contributed by atoms with Crippen molar-refractivity contribution in [3.8, 4) is 0 Å². The van der Waals surface area contributed by atoms with Crippen LogP contribution in [0.3, 0.4) is 0 Å². The summed E-state index contributed by atoms with van der Waals surface area (Å²) >= 11 is 0. The van der Waals surface area contributed by atoms with Crippen LogP contribution in [-0.2, 0) is 19.3 Å². The standard InChI is InChI=1S/C23H26N4O2/c1-14-25-19-11-18(22(29)24-9-4-10-28)17-7-8-23(27-20(17)21(19)26-14)12-15-5-2-3-6-16(15)13-23/h2-3,5-6,11,27-28H,4,7-10,12-13H2,1H3,(H,24,29)(H,25,26). The molecule has 6 nitrogen and oxygen atoms in total. The van der Waals surface area contributed by atoms with Crippen LogP contribution in [0.15, 0.2) is 30.3 Å². The number of nitrogens with one attached hydrogen (secondary N) is 3. The van der Waals surface area contributed by atoms with Gasteiger partial charge in [0, 0.05) is 24.3 Å². The van der Waals surface area contributed by atoms with Gasteiger partial charge in [-0.05, 0) is 61.8 Å². The summed E-state index contributed by atoms with van der Waals surface area (Å²) < 4.78 is 0. The Kier molecular flexibility index (Phi) is 4.32. The van der Waals surface area contributed by atoms with E-state index in [-0.39, 0.29) is 18.1 Å². The number of amides is 1. The fourth-order valence-corrected chi connectivity index (χ4v) is 4.94. The lowest BCUT2D eigenvalue weighted by Gasteiger charge is -2.37. The molecule has 1 amide bonds. The summed E-state index contributed by atoms with van der Waals surface area (Å²) in [5, 5.41) is 15.8. The number of hydrogen-bond acceptors (Lipinski definition) is 4. The van der Waals surface area contributed by atoms with E-state index in [1.54, 1.807) is 0 Å². The summed E-state index contributed by atoms with van der Waals surface area (Å²) in [7, 11) is 0. The Bertz CT molecular complexity index is 1080. The van der Waals surface area contributed by atoms with E-state index in [0.717, 1.165) is 53.8 Å². The van der Waals surface area contributed by atoms with Crippen LogP contribution < -0.4 is 10.6 Å². The minimum absolute atomic E-state index is 0.0114. The summed E-state index contributed by atoms with van der Waals surface area (Å²) in [6.45, 7) is 2.48. The van der Waals surface area contributed by atoms with Crippen molar-refractivity contribution in [2.24, 2.45) is 0 Å². The van der Waals surface area contributed by atoms with Crippen LogP contribution in [0.2, 0.25) is 0 Å². The average Bonchev–Trinajstić information content (AvgIpc) is 3.26. The van der Waals surface area contributed by atoms with Crippen molar-refractivity contribution in [1.29, 1.82) is 0 Å². The van der Waals surface area contributed by atoms with Crippen molar-refractivity contribution < 1.29 is 9.90 Å². The van der Waals surface area contributed by atoms with Crippen molar-refractivity contribution in [2.75, 3.05) is 18.5 Å². The van der Waals surface area contributed by atoms with Gasteiger partial charge in [-0.3, -0.25) is 4.79 Å². The normalized spacial score (nSPS) is 16.5. The minimum atomic E-state index is -0.0867. The van der Waals surface area contributed by atoms with Crippen LogP contribution in [0.5, 0.6) is 0 Å². The quantitative estimate of drug-likeness (QED) is 0.516. The van der Waals surface area contributed by atoms with Crippen molar-refractivity contribution in [2.45, 2.75) is 44.6 Å². The summed E-state index contributed by atoms with van der Waals surface area (Å²) in [5.74, 6) is 0.757. The van der Waals surface area contributed by atoms with Crippen molar-refractivity contribution in [1.82, 2.24) is 15.3 Å². The molecule has 0 saturated carbocycles. The number of anilines is 1. The van der Waals surface area contributed by atoms with Gasteiger partial charge in [0.15, 0.2) is 0 Å². The van der Waals surface area contributed by atoms with E-state index < -0.39 is 0 Å². The Labute approximate surface area is 169 Å². The molecule has 29 heavy (non-hydrogen) atoms. The van der Waals surface area contributed by atoms with Crippen LogP contribution in [0, 0.1) is 6.92 Å². The molecule has 0 fully saturated rings. The highest BCUT2D eigenvalue weighted by molar-refractivity contribution is 6.04.